The maximum Gasteiger partial charge on any atom is 0.141 e. The Hall–Kier alpha value is -0.330. The lowest BCUT2D eigenvalue weighted by atomic mass is 9.81. The van der Waals surface area contributed by atoms with Gasteiger partial charge in [0.05, 0.1) is 0 Å². The van der Waals surface area contributed by atoms with Crippen LogP contribution >= 0.6 is 0 Å². The first-order valence-corrected chi connectivity index (χ1v) is 5.27. The average molecular weight is 166 g/mol. The van der Waals surface area contributed by atoms with E-state index in [0.29, 0.717) is 11.7 Å². The highest BCUT2D eigenvalue weighted by Crippen LogP contribution is 2.49. The molecule has 0 aromatic heterocycles. The smallest absolute Gasteiger partial charge is 0.141 e. The SMILES string of the molecule is CC1(C(=O)C2CCCCC2)CC1. The predicted octanol–water partition coefficient (Wildman–Crippen LogP) is 2.94. The maximum atomic E-state index is 11.9. The molecule has 0 radical (unpaired) electrons. The summed E-state index contributed by atoms with van der Waals surface area (Å²) in [5, 5.41) is 0. The Morgan fingerprint density at radius 2 is 1.75 bits per heavy atom. The van der Waals surface area contributed by atoms with Gasteiger partial charge in [-0.05, 0) is 25.7 Å². The summed E-state index contributed by atoms with van der Waals surface area (Å²) in [5.41, 5.74) is 0.127. The van der Waals surface area contributed by atoms with E-state index in [2.05, 4.69) is 6.92 Å². The van der Waals surface area contributed by atoms with E-state index in [4.69, 9.17) is 0 Å². The molecule has 2 saturated carbocycles. The van der Waals surface area contributed by atoms with E-state index >= 15 is 0 Å². The van der Waals surface area contributed by atoms with Crippen LogP contribution in [0.3, 0.4) is 0 Å². The molecule has 0 amide bonds. The Kier molecular flexibility index (Phi) is 1.97. The van der Waals surface area contributed by atoms with E-state index in [0.717, 1.165) is 12.8 Å². The van der Waals surface area contributed by atoms with Gasteiger partial charge in [0.15, 0.2) is 0 Å². The summed E-state index contributed by atoms with van der Waals surface area (Å²) >= 11 is 0. The molecule has 0 atom stereocenters. The van der Waals surface area contributed by atoms with Gasteiger partial charge >= 0.3 is 0 Å². The van der Waals surface area contributed by atoms with E-state index in [1.165, 1.54) is 32.1 Å². The van der Waals surface area contributed by atoms with Crippen LogP contribution in [0.4, 0.5) is 0 Å². The molecule has 0 aromatic carbocycles. The predicted molar refractivity (Wildman–Crippen MR) is 48.9 cm³/mol. The molecule has 0 N–H and O–H groups in total. The second-order valence-electron chi connectivity index (χ2n) is 4.76. The molecule has 0 heterocycles. The van der Waals surface area contributed by atoms with E-state index in [1.807, 2.05) is 0 Å². The molecule has 2 rings (SSSR count). The maximum absolute atomic E-state index is 11.9. The van der Waals surface area contributed by atoms with Gasteiger partial charge in [0.2, 0.25) is 0 Å². The van der Waals surface area contributed by atoms with Gasteiger partial charge in [-0.15, -0.1) is 0 Å². The molecule has 2 aliphatic rings. The number of hydrogen-bond donors (Lipinski definition) is 0. The van der Waals surface area contributed by atoms with Crippen LogP contribution in [0.1, 0.15) is 51.9 Å². The first kappa shape index (κ1) is 8.28. The standard InChI is InChI=1S/C11H18O/c1-11(7-8-11)10(12)9-5-3-2-4-6-9/h9H,2-8H2,1H3. The fourth-order valence-corrected chi connectivity index (χ4v) is 2.29. The molecule has 1 nitrogen and oxygen atoms in total. The molecule has 2 fully saturated rings. The minimum absolute atomic E-state index is 0.127. The summed E-state index contributed by atoms with van der Waals surface area (Å²) in [6.07, 6.45) is 8.58. The summed E-state index contributed by atoms with van der Waals surface area (Å²) < 4.78 is 0. The second kappa shape index (κ2) is 2.86. The van der Waals surface area contributed by atoms with Gasteiger partial charge in [-0.2, -0.15) is 0 Å². The third-order valence-electron chi connectivity index (χ3n) is 3.57. The van der Waals surface area contributed by atoms with E-state index < -0.39 is 0 Å². The van der Waals surface area contributed by atoms with Gasteiger partial charge in [-0.25, -0.2) is 0 Å². The van der Waals surface area contributed by atoms with Gasteiger partial charge < -0.3 is 0 Å². The summed E-state index contributed by atoms with van der Waals surface area (Å²) in [6.45, 7) is 2.14. The lowest BCUT2D eigenvalue weighted by Gasteiger charge is -2.22. The molecule has 0 unspecified atom stereocenters. The number of carbonyl (C=O) groups excluding carboxylic acids is 1. The van der Waals surface area contributed by atoms with Crippen molar-refractivity contribution in [1.29, 1.82) is 0 Å². The molecule has 0 aromatic rings. The van der Waals surface area contributed by atoms with E-state index in [9.17, 15) is 4.79 Å². The van der Waals surface area contributed by atoms with Crippen molar-refractivity contribution in [3.8, 4) is 0 Å². The lowest BCUT2D eigenvalue weighted by molar-refractivity contribution is -0.128. The molecule has 2 aliphatic carbocycles. The van der Waals surface area contributed by atoms with Gasteiger partial charge in [0.25, 0.3) is 0 Å². The van der Waals surface area contributed by atoms with Crippen LogP contribution in [0.25, 0.3) is 0 Å². The van der Waals surface area contributed by atoms with Crippen LogP contribution < -0.4 is 0 Å². The van der Waals surface area contributed by atoms with Gasteiger partial charge in [0.1, 0.15) is 5.78 Å². The van der Waals surface area contributed by atoms with Gasteiger partial charge in [-0.3, -0.25) is 4.79 Å². The van der Waals surface area contributed by atoms with Crippen LogP contribution in [-0.4, -0.2) is 5.78 Å². The third-order valence-corrected chi connectivity index (χ3v) is 3.57. The van der Waals surface area contributed by atoms with E-state index in [1.54, 1.807) is 0 Å². The van der Waals surface area contributed by atoms with Crippen LogP contribution in [-0.2, 0) is 4.79 Å². The van der Waals surface area contributed by atoms with Crippen molar-refractivity contribution in [2.45, 2.75) is 51.9 Å². The van der Waals surface area contributed by atoms with Crippen molar-refractivity contribution in [1.82, 2.24) is 0 Å². The Bertz CT molecular complexity index is 185. The minimum atomic E-state index is 0.127. The summed E-state index contributed by atoms with van der Waals surface area (Å²) in [6, 6.07) is 0. The Morgan fingerprint density at radius 1 is 1.17 bits per heavy atom. The fourth-order valence-electron chi connectivity index (χ4n) is 2.29. The number of hydrogen-bond acceptors (Lipinski definition) is 1. The molecule has 0 bridgehead atoms. The topological polar surface area (TPSA) is 17.1 Å². The highest BCUT2D eigenvalue weighted by atomic mass is 16.1. The molecular weight excluding hydrogens is 148 g/mol. The van der Waals surface area contributed by atoms with Crippen LogP contribution in [0, 0.1) is 11.3 Å². The molecule has 0 saturated heterocycles. The number of ketones is 1. The Morgan fingerprint density at radius 3 is 2.25 bits per heavy atom. The average Bonchev–Trinajstić information content (AvgIpc) is 2.85. The van der Waals surface area contributed by atoms with Crippen molar-refractivity contribution in [3.63, 3.8) is 0 Å². The zero-order chi connectivity index (χ0) is 8.60. The highest BCUT2D eigenvalue weighted by molar-refractivity contribution is 5.89. The van der Waals surface area contributed by atoms with Crippen molar-refractivity contribution < 1.29 is 4.79 Å². The van der Waals surface area contributed by atoms with Crippen LogP contribution in [0.5, 0.6) is 0 Å². The summed E-state index contributed by atoms with van der Waals surface area (Å²) in [5.74, 6) is 1.02. The number of Topliss-reactive ketones (excluding diaryl/α,β-unsaturated/α-hetero) is 1. The van der Waals surface area contributed by atoms with Gasteiger partial charge in [0, 0.05) is 11.3 Å². The van der Waals surface area contributed by atoms with Gasteiger partial charge in [-0.1, -0.05) is 26.2 Å². The molecule has 12 heavy (non-hydrogen) atoms. The van der Waals surface area contributed by atoms with Crippen molar-refractivity contribution in [2.24, 2.45) is 11.3 Å². The van der Waals surface area contributed by atoms with Crippen molar-refractivity contribution in [3.05, 3.63) is 0 Å². The third kappa shape index (κ3) is 1.41. The molecular formula is C11H18O. The first-order chi connectivity index (χ1) is 5.72. The molecule has 0 aliphatic heterocycles. The molecule has 0 spiro atoms. The first-order valence-electron chi connectivity index (χ1n) is 5.27. The largest absolute Gasteiger partial charge is 0.299 e. The minimum Gasteiger partial charge on any atom is -0.299 e. The van der Waals surface area contributed by atoms with E-state index in [-0.39, 0.29) is 5.41 Å². The lowest BCUT2D eigenvalue weighted by Crippen LogP contribution is -2.24. The quantitative estimate of drug-likeness (QED) is 0.616. The van der Waals surface area contributed by atoms with Crippen molar-refractivity contribution >= 4 is 5.78 Å². The highest BCUT2D eigenvalue weighted by Gasteiger charge is 2.47. The number of rotatable bonds is 2. The molecule has 1 heteroatoms. The zero-order valence-corrected chi connectivity index (χ0v) is 7.94. The Labute approximate surface area is 74.5 Å². The Balaban J connectivity index is 1.94. The normalized spacial score (nSPS) is 28.4. The second-order valence-corrected chi connectivity index (χ2v) is 4.76. The zero-order valence-electron chi connectivity index (χ0n) is 7.94. The monoisotopic (exact) mass is 166 g/mol. The summed E-state index contributed by atoms with van der Waals surface area (Å²) in [7, 11) is 0. The summed E-state index contributed by atoms with van der Waals surface area (Å²) in [4.78, 5) is 11.9. The van der Waals surface area contributed by atoms with Crippen LogP contribution in [0.15, 0.2) is 0 Å². The van der Waals surface area contributed by atoms with Crippen LogP contribution in [0.2, 0.25) is 0 Å². The molecule has 68 valence electrons. The number of carbonyl (C=O) groups is 1. The fraction of sp³-hybridized carbons (Fsp3) is 0.909. The van der Waals surface area contributed by atoms with Crippen molar-refractivity contribution in [2.75, 3.05) is 0 Å².